The van der Waals surface area contributed by atoms with Crippen molar-refractivity contribution < 1.29 is 28.7 Å². The minimum Gasteiger partial charge on any atom is -0.466 e. The van der Waals surface area contributed by atoms with E-state index in [0.29, 0.717) is 69.6 Å². The van der Waals surface area contributed by atoms with Gasteiger partial charge in [0, 0.05) is 51.5 Å². The molecular formula is C20H28N2O6. The van der Waals surface area contributed by atoms with Crippen molar-refractivity contribution in [2.24, 2.45) is 5.92 Å². The van der Waals surface area contributed by atoms with E-state index in [2.05, 4.69) is 0 Å². The number of carbonyl (C=O) groups excluding carboxylic acids is 4. The summed E-state index contributed by atoms with van der Waals surface area (Å²) in [7, 11) is 0. The van der Waals surface area contributed by atoms with Crippen molar-refractivity contribution in [2.75, 3.05) is 32.8 Å². The van der Waals surface area contributed by atoms with Gasteiger partial charge in [0.05, 0.1) is 18.1 Å². The summed E-state index contributed by atoms with van der Waals surface area (Å²) in [6, 6.07) is 0. The molecule has 28 heavy (non-hydrogen) atoms. The molecule has 3 rings (SSSR count). The highest BCUT2D eigenvalue weighted by atomic mass is 16.6. The predicted molar refractivity (Wildman–Crippen MR) is 98.9 cm³/mol. The number of hydrogen-bond acceptors (Lipinski definition) is 6. The van der Waals surface area contributed by atoms with E-state index in [0.717, 1.165) is 0 Å². The van der Waals surface area contributed by atoms with Crippen LogP contribution in [0.1, 0.15) is 46.5 Å². The summed E-state index contributed by atoms with van der Waals surface area (Å²) >= 11 is 0. The molecule has 0 aromatic heterocycles. The molecule has 0 unspecified atom stereocenters. The van der Waals surface area contributed by atoms with Gasteiger partial charge in [0.2, 0.25) is 5.91 Å². The van der Waals surface area contributed by atoms with Crippen LogP contribution in [-0.4, -0.2) is 71.9 Å². The summed E-state index contributed by atoms with van der Waals surface area (Å²) in [5.74, 6) is -1.07. The first kappa shape index (κ1) is 20.4. The first-order valence-corrected chi connectivity index (χ1v) is 9.95. The lowest BCUT2D eigenvalue weighted by molar-refractivity contribution is -0.154. The second-order valence-corrected chi connectivity index (χ2v) is 7.71. The number of ether oxygens (including phenoxy) is 2. The number of nitrogens with zero attached hydrogens (tertiary/aromatic N) is 2. The van der Waals surface area contributed by atoms with Crippen LogP contribution in [0.15, 0.2) is 11.1 Å². The van der Waals surface area contributed by atoms with Gasteiger partial charge in [0.25, 0.3) is 5.91 Å². The Hall–Kier alpha value is -2.38. The maximum atomic E-state index is 13.3. The van der Waals surface area contributed by atoms with Gasteiger partial charge in [-0.15, -0.1) is 0 Å². The topological polar surface area (TPSA) is 93.2 Å². The number of piperidine rings is 2. The number of rotatable bonds is 3. The predicted octanol–water partition coefficient (Wildman–Crippen LogP) is 1.04. The molecule has 0 aliphatic carbocycles. The van der Waals surface area contributed by atoms with Gasteiger partial charge in [-0.05, 0) is 26.7 Å². The molecule has 0 N–H and O–H groups in total. The summed E-state index contributed by atoms with van der Waals surface area (Å²) in [5, 5.41) is 0. The molecule has 2 saturated heterocycles. The number of esters is 2. The van der Waals surface area contributed by atoms with E-state index in [1.165, 1.54) is 6.92 Å². The fourth-order valence-corrected chi connectivity index (χ4v) is 4.38. The average Bonchev–Trinajstić information content (AvgIpc) is 2.91. The molecule has 0 bridgehead atoms. The lowest BCUT2D eigenvalue weighted by Crippen LogP contribution is -2.51. The third-order valence-corrected chi connectivity index (χ3v) is 6.06. The second kappa shape index (κ2) is 7.93. The zero-order valence-corrected chi connectivity index (χ0v) is 16.8. The van der Waals surface area contributed by atoms with Crippen LogP contribution in [0, 0.1) is 5.92 Å². The van der Waals surface area contributed by atoms with Gasteiger partial charge in [-0.1, -0.05) is 0 Å². The third-order valence-electron chi connectivity index (χ3n) is 6.06. The highest BCUT2D eigenvalue weighted by molar-refractivity contribution is 6.07. The summed E-state index contributed by atoms with van der Waals surface area (Å²) in [5.41, 5.74) is -0.161. The molecule has 3 aliphatic rings. The zero-order valence-electron chi connectivity index (χ0n) is 16.8. The van der Waals surface area contributed by atoms with Gasteiger partial charge in [0.15, 0.2) is 0 Å². The molecule has 2 fully saturated rings. The van der Waals surface area contributed by atoms with E-state index in [1.54, 1.807) is 23.6 Å². The first-order chi connectivity index (χ1) is 13.3. The van der Waals surface area contributed by atoms with E-state index in [4.69, 9.17) is 9.47 Å². The summed E-state index contributed by atoms with van der Waals surface area (Å²) in [6.07, 6.45) is 1.96. The van der Waals surface area contributed by atoms with Crippen molar-refractivity contribution in [3.8, 4) is 0 Å². The molecule has 1 spiro atoms. The van der Waals surface area contributed by atoms with Crippen LogP contribution in [0.2, 0.25) is 0 Å². The minimum atomic E-state index is -0.942. The van der Waals surface area contributed by atoms with Gasteiger partial charge < -0.3 is 19.3 Å². The Bertz CT molecular complexity index is 712. The van der Waals surface area contributed by atoms with Crippen molar-refractivity contribution >= 4 is 23.8 Å². The summed E-state index contributed by atoms with van der Waals surface area (Å²) in [4.78, 5) is 52.5. The normalized spacial score (nSPS) is 22.5. The van der Waals surface area contributed by atoms with E-state index in [-0.39, 0.29) is 23.7 Å². The van der Waals surface area contributed by atoms with E-state index in [9.17, 15) is 19.2 Å². The van der Waals surface area contributed by atoms with Crippen LogP contribution in [0.25, 0.3) is 0 Å². The largest absolute Gasteiger partial charge is 0.466 e. The Kier molecular flexibility index (Phi) is 5.76. The van der Waals surface area contributed by atoms with Crippen molar-refractivity contribution in [3.05, 3.63) is 11.1 Å². The minimum absolute atomic E-state index is 0.0196. The standard InChI is InChI=1S/C20H28N2O6/c1-4-27-19(26)15-5-9-22(10-6-15)17(24)16-13(2)18(25)28-20(16)7-11-21(12-8-20)14(3)23/h15H,4-12H2,1-3H3. The lowest BCUT2D eigenvalue weighted by atomic mass is 9.82. The van der Waals surface area contributed by atoms with Crippen molar-refractivity contribution in [1.29, 1.82) is 0 Å². The number of hydrogen-bond donors (Lipinski definition) is 0. The van der Waals surface area contributed by atoms with Crippen LogP contribution in [0.4, 0.5) is 0 Å². The zero-order chi connectivity index (χ0) is 20.5. The molecule has 0 radical (unpaired) electrons. The quantitative estimate of drug-likeness (QED) is 0.667. The van der Waals surface area contributed by atoms with Gasteiger partial charge in [-0.3, -0.25) is 14.4 Å². The van der Waals surface area contributed by atoms with Crippen LogP contribution in [0.3, 0.4) is 0 Å². The van der Waals surface area contributed by atoms with Gasteiger partial charge in [-0.2, -0.15) is 0 Å². The van der Waals surface area contributed by atoms with E-state index in [1.807, 2.05) is 0 Å². The number of likely N-dealkylation sites (tertiary alicyclic amines) is 2. The molecular weight excluding hydrogens is 364 g/mol. The molecule has 3 heterocycles. The van der Waals surface area contributed by atoms with Crippen LogP contribution >= 0.6 is 0 Å². The average molecular weight is 392 g/mol. The van der Waals surface area contributed by atoms with Crippen LogP contribution in [0.5, 0.6) is 0 Å². The maximum Gasteiger partial charge on any atom is 0.335 e. The number of carbonyl (C=O) groups is 4. The Morgan fingerprint density at radius 3 is 2.25 bits per heavy atom. The Balaban J connectivity index is 1.72. The smallest absolute Gasteiger partial charge is 0.335 e. The molecule has 154 valence electrons. The lowest BCUT2D eigenvalue weighted by Gasteiger charge is -2.40. The van der Waals surface area contributed by atoms with Gasteiger partial charge >= 0.3 is 11.9 Å². The molecule has 2 amide bonds. The molecule has 8 nitrogen and oxygen atoms in total. The van der Waals surface area contributed by atoms with Crippen LogP contribution < -0.4 is 0 Å². The Morgan fingerprint density at radius 1 is 1.11 bits per heavy atom. The second-order valence-electron chi connectivity index (χ2n) is 7.71. The Labute approximate surface area is 164 Å². The van der Waals surface area contributed by atoms with Crippen molar-refractivity contribution in [3.63, 3.8) is 0 Å². The fraction of sp³-hybridized carbons (Fsp3) is 0.700. The third kappa shape index (κ3) is 3.64. The first-order valence-electron chi connectivity index (χ1n) is 9.95. The van der Waals surface area contributed by atoms with Crippen LogP contribution in [-0.2, 0) is 28.7 Å². The van der Waals surface area contributed by atoms with Gasteiger partial charge in [-0.25, -0.2) is 4.79 Å². The highest BCUT2D eigenvalue weighted by Crippen LogP contribution is 2.42. The SMILES string of the molecule is CCOC(=O)C1CCN(C(=O)C2=C(C)C(=O)OC23CCN(C(C)=O)CC3)CC1. The molecule has 0 aromatic carbocycles. The maximum absolute atomic E-state index is 13.3. The fourth-order valence-electron chi connectivity index (χ4n) is 4.38. The molecule has 0 atom stereocenters. The van der Waals surface area contributed by atoms with Gasteiger partial charge in [0.1, 0.15) is 5.60 Å². The molecule has 0 saturated carbocycles. The summed E-state index contributed by atoms with van der Waals surface area (Å²) < 4.78 is 10.8. The molecule has 3 aliphatic heterocycles. The van der Waals surface area contributed by atoms with E-state index >= 15 is 0 Å². The molecule has 8 heteroatoms. The van der Waals surface area contributed by atoms with Crippen molar-refractivity contribution in [1.82, 2.24) is 9.80 Å². The van der Waals surface area contributed by atoms with Crippen molar-refractivity contribution in [2.45, 2.75) is 52.1 Å². The Morgan fingerprint density at radius 2 is 1.71 bits per heavy atom. The monoisotopic (exact) mass is 392 g/mol. The summed E-state index contributed by atoms with van der Waals surface area (Å²) in [6.45, 7) is 7.08. The number of amides is 2. The molecule has 0 aromatic rings. The van der Waals surface area contributed by atoms with E-state index < -0.39 is 11.6 Å². The highest BCUT2D eigenvalue weighted by Gasteiger charge is 2.52.